The maximum Gasteiger partial charge on any atom is 0.226 e. The summed E-state index contributed by atoms with van der Waals surface area (Å²) >= 11 is 1.13. The highest BCUT2D eigenvalue weighted by Gasteiger charge is 2.15. The van der Waals surface area contributed by atoms with Gasteiger partial charge < -0.3 is 10.2 Å². The molecule has 0 aliphatic rings. The van der Waals surface area contributed by atoms with Crippen LogP contribution in [0.1, 0.15) is 37.6 Å². The summed E-state index contributed by atoms with van der Waals surface area (Å²) in [6.45, 7) is 9.10. The summed E-state index contributed by atoms with van der Waals surface area (Å²) in [7, 11) is 0. The quantitative estimate of drug-likeness (QED) is 0.407. The van der Waals surface area contributed by atoms with E-state index in [9.17, 15) is 10.1 Å². The zero-order chi connectivity index (χ0) is 23.1. The Bertz CT molecular complexity index is 1150. The molecule has 1 N–H and O–H groups in total. The molecule has 3 rings (SSSR count). The number of nitrogens with zero attached hydrogens (tertiary/aromatic N) is 5. The molecule has 164 valence electrons. The summed E-state index contributed by atoms with van der Waals surface area (Å²) in [4.78, 5) is 14.7. The van der Waals surface area contributed by atoms with Gasteiger partial charge in [-0.1, -0.05) is 44.2 Å². The van der Waals surface area contributed by atoms with Crippen molar-refractivity contribution in [2.24, 2.45) is 16.1 Å². The van der Waals surface area contributed by atoms with Gasteiger partial charge in [0.05, 0.1) is 11.4 Å². The van der Waals surface area contributed by atoms with Crippen molar-refractivity contribution in [3.05, 3.63) is 65.4 Å². The molecule has 1 aromatic heterocycles. The van der Waals surface area contributed by atoms with E-state index in [2.05, 4.69) is 49.9 Å². The molecule has 0 spiro atoms. The summed E-state index contributed by atoms with van der Waals surface area (Å²) in [5, 5.41) is 21.3. The first-order chi connectivity index (χ1) is 15.4. The Balaban J connectivity index is 1.95. The Kier molecular flexibility index (Phi) is 7.68. The number of carbonyl (C=O) groups is 1. The summed E-state index contributed by atoms with van der Waals surface area (Å²) < 4.78 is 4.17. The van der Waals surface area contributed by atoms with Gasteiger partial charge in [0.25, 0.3) is 0 Å². The largest absolute Gasteiger partial charge is 0.367 e. The maximum absolute atomic E-state index is 12.4. The molecular weight excluding hydrogens is 420 g/mol. The number of nitrogens with one attached hydrogen (secondary N) is 1. The number of carbonyl (C=O) groups excluding carboxylic acids is 1. The molecule has 0 radical (unpaired) electrons. The molecule has 0 atom stereocenters. The van der Waals surface area contributed by atoms with E-state index in [1.807, 2.05) is 50.2 Å². The van der Waals surface area contributed by atoms with Crippen LogP contribution in [0.5, 0.6) is 0 Å². The van der Waals surface area contributed by atoms with Gasteiger partial charge in [-0.05, 0) is 49.1 Å². The number of hydrogen-bond donors (Lipinski definition) is 1. The van der Waals surface area contributed by atoms with Crippen molar-refractivity contribution >= 4 is 39.5 Å². The van der Waals surface area contributed by atoms with Gasteiger partial charge in [-0.3, -0.25) is 4.79 Å². The van der Waals surface area contributed by atoms with Gasteiger partial charge in [-0.15, -0.1) is 10.2 Å². The third-order valence-electron chi connectivity index (χ3n) is 4.93. The Morgan fingerprint density at radius 1 is 1.22 bits per heavy atom. The first-order valence-electron chi connectivity index (χ1n) is 10.4. The molecule has 0 aliphatic carbocycles. The number of aryl methyl sites for hydroxylation is 1. The van der Waals surface area contributed by atoms with E-state index in [0.29, 0.717) is 27.6 Å². The molecule has 32 heavy (non-hydrogen) atoms. The monoisotopic (exact) mass is 446 g/mol. The summed E-state index contributed by atoms with van der Waals surface area (Å²) in [5.41, 5.74) is 4.33. The van der Waals surface area contributed by atoms with Crippen molar-refractivity contribution in [1.82, 2.24) is 4.37 Å². The standard InChI is InChI=1S/C24H26N6OS/c1-5-30(15-18-9-7-6-8-10-18)19-11-12-21(22(13-19)26-23(31)16(2)3)27-28-24-20(14-25)17(4)29-32-24/h6-13,16H,5,15H2,1-4H3,(H,26,31)/b28-27+. The molecule has 1 heterocycles. The van der Waals surface area contributed by atoms with E-state index in [-0.39, 0.29) is 11.8 Å². The number of anilines is 2. The van der Waals surface area contributed by atoms with E-state index < -0.39 is 0 Å². The van der Waals surface area contributed by atoms with Crippen LogP contribution in [0, 0.1) is 24.2 Å². The fourth-order valence-corrected chi connectivity index (χ4v) is 3.71. The highest BCUT2D eigenvalue weighted by atomic mass is 32.1. The topological polar surface area (TPSA) is 93.7 Å². The van der Waals surface area contributed by atoms with Crippen LogP contribution < -0.4 is 10.2 Å². The van der Waals surface area contributed by atoms with Crippen LogP contribution in [0.25, 0.3) is 0 Å². The van der Waals surface area contributed by atoms with E-state index in [4.69, 9.17) is 0 Å². The second-order valence-corrected chi connectivity index (χ2v) is 8.36. The lowest BCUT2D eigenvalue weighted by Crippen LogP contribution is -2.22. The van der Waals surface area contributed by atoms with E-state index in [0.717, 1.165) is 30.3 Å². The van der Waals surface area contributed by atoms with E-state index in [1.54, 1.807) is 6.92 Å². The van der Waals surface area contributed by atoms with Crippen LogP contribution >= 0.6 is 11.5 Å². The van der Waals surface area contributed by atoms with Crippen LogP contribution in [0.3, 0.4) is 0 Å². The number of benzene rings is 2. The maximum atomic E-state index is 12.4. The molecule has 0 fully saturated rings. The van der Waals surface area contributed by atoms with Gasteiger partial charge in [0.2, 0.25) is 5.91 Å². The predicted octanol–water partition coefficient (Wildman–Crippen LogP) is 6.36. The van der Waals surface area contributed by atoms with Gasteiger partial charge in [0.15, 0.2) is 5.00 Å². The number of rotatable bonds is 8. The van der Waals surface area contributed by atoms with Gasteiger partial charge in [0, 0.05) is 24.7 Å². The molecule has 1 amide bonds. The van der Waals surface area contributed by atoms with Gasteiger partial charge in [-0.25, -0.2) is 0 Å². The highest BCUT2D eigenvalue weighted by Crippen LogP contribution is 2.34. The van der Waals surface area contributed by atoms with Crippen molar-refractivity contribution < 1.29 is 4.79 Å². The van der Waals surface area contributed by atoms with Crippen LogP contribution in [-0.2, 0) is 11.3 Å². The fraction of sp³-hybridized carbons (Fsp3) is 0.292. The second-order valence-electron chi connectivity index (χ2n) is 7.61. The van der Waals surface area contributed by atoms with Crippen molar-refractivity contribution in [1.29, 1.82) is 5.26 Å². The lowest BCUT2D eigenvalue weighted by atomic mass is 10.1. The van der Waals surface area contributed by atoms with Gasteiger partial charge >= 0.3 is 0 Å². The molecule has 0 bridgehead atoms. The summed E-state index contributed by atoms with van der Waals surface area (Å²) in [5.74, 6) is -0.277. The first-order valence-corrected chi connectivity index (χ1v) is 11.2. The Labute approximate surface area is 192 Å². The van der Waals surface area contributed by atoms with Crippen LogP contribution in [0.2, 0.25) is 0 Å². The normalized spacial score (nSPS) is 11.0. The average Bonchev–Trinajstić information content (AvgIpc) is 3.16. The zero-order valence-electron chi connectivity index (χ0n) is 18.7. The number of azo groups is 1. The lowest BCUT2D eigenvalue weighted by Gasteiger charge is -2.24. The fourth-order valence-electron chi connectivity index (χ4n) is 3.03. The van der Waals surface area contributed by atoms with Crippen molar-refractivity contribution in [2.45, 2.75) is 34.2 Å². The molecule has 2 aromatic carbocycles. The minimum atomic E-state index is -0.177. The molecule has 8 heteroatoms. The van der Waals surface area contributed by atoms with Crippen molar-refractivity contribution in [3.63, 3.8) is 0 Å². The summed E-state index contributed by atoms with van der Waals surface area (Å²) in [6.07, 6.45) is 0. The third-order valence-corrected chi connectivity index (χ3v) is 5.75. The minimum absolute atomic E-state index is 0.101. The number of hydrogen-bond acceptors (Lipinski definition) is 7. The number of nitriles is 1. The van der Waals surface area contributed by atoms with Crippen molar-refractivity contribution in [3.8, 4) is 6.07 Å². The first kappa shape index (κ1) is 23.1. The molecule has 0 unspecified atom stereocenters. The minimum Gasteiger partial charge on any atom is -0.367 e. The van der Waals surface area contributed by atoms with Gasteiger partial charge in [-0.2, -0.15) is 9.64 Å². The van der Waals surface area contributed by atoms with Crippen LogP contribution in [0.4, 0.5) is 22.1 Å². The van der Waals surface area contributed by atoms with Crippen LogP contribution in [0.15, 0.2) is 58.8 Å². The van der Waals surface area contributed by atoms with Gasteiger partial charge in [0.1, 0.15) is 17.3 Å². The zero-order valence-corrected chi connectivity index (χ0v) is 19.5. The second kappa shape index (κ2) is 10.6. The third kappa shape index (κ3) is 5.56. The smallest absolute Gasteiger partial charge is 0.226 e. The van der Waals surface area contributed by atoms with Crippen LogP contribution in [-0.4, -0.2) is 16.8 Å². The highest BCUT2D eigenvalue weighted by molar-refractivity contribution is 7.10. The Morgan fingerprint density at radius 3 is 2.62 bits per heavy atom. The molecule has 0 aliphatic heterocycles. The lowest BCUT2D eigenvalue weighted by molar-refractivity contribution is -0.118. The molecule has 7 nitrogen and oxygen atoms in total. The molecule has 0 saturated heterocycles. The van der Waals surface area contributed by atoms with E-state index in [1.165, 1.54) is 5.56 Å². The molecular formula is C24H26N6OS. The Hall–Kier alpha value is -3.57. The SMILES string of the molecule is CCN(Cc1ccccc1)c1ccc(/N=N/c2snc(C)c2C#N)c(NC(=O)C(C)C)c1. The Morgan fingerprint density at radius 2 is 1.97 bits per heavy atom. The van der Waals surface area contributed by atoms with E-state index >= 15 is 0 Å². The number of aromatic nitrogens is 1. The predicted molar refractivity (Wildman–Crippen MR) is 129 cm³/mol. The summed E-state index contributed by atoms with van der Waals surface area (Å²) in [6, 6.07) is 18.1. The van der Waals surface area contributed by atoms with Crippen molar-refractivity contribution in [2.75, 3.05) is 16.8 Å². The molecule has 3 aromatic rings. The molecule has 0 saturated carbocycles. The average molecular weight is 447 g/mol. The number of amides is 1.